The van der Waals surface area contributed by atoms with Crippen LogP contribution in [0.5, 0.6) is 5.75 Å². The highest BCUT2D eigenvalue weighted by atomic mass is 35.5. The number of anilines is 1. The van der Waals surface area contributed by atoms with Crippen LogP contribution in [0.3, 0.4) is 0 Å². The minimum Gasteiger partial charge on any atom is -0.493 e. The fourth-order valence-corrected chi connectivity index (χ4v) is 4.62. The van der Waals surface area contributed by atoms with Gasteiger partial charge in [-0.05, 0) is 81.5 Å². The number of aromatic nitrogens is 2. The summed E-state index contributed by atoms with van der Waals surface area (Å²) in [5.74, 6) is 1.03. The minimum atomic E-state index is -0.576. The summed E-state index contributed by atoms with van der Waals surface area (Å²) in [5, 5.41) is 11.4. The van der Waals surface area contributed by atoms with Gasteiger partial charge in [0.15, 0.2) is 5.82 Å². The standard InChI is InChI=1S/C30H37ClN4O4/c1-18(2)17-38-25-10-8-23(31)15-22(25)16-35-19(3)13-26(34-35)33-28(36)21-7-9-24-20(14-21)11-12-32-27(24)29(37)39-30(4,5)6/h7-10,13-15,18,27,32H,11-12,16-17H2,1-6H3,(H,33,34,36). The number of halogens is 1. The normalized spacial score (nSPS) is 15.1. The Kier molecular flexibility index (Phi) is 8.67. The number of rotatable bonds is 8. The predicted octanol–water partition coefficient (Wildman–Crippen LogP) is 5.71. The second kappa shape index (κ2) is 11.8. The van der Waals surface area contributed by atoms with Crippen molar-refractivity contribution in [2.24, 2.45) is 5.92 Å². The lowest BCUT2D eigenvalue weighted by Crippen LogP contribution is -2.39. The third kappa shape index (κ3) is 7.40. The van der Waals surface area contributed by atoms with Gasteiger partial charge in [-0.3, -0.25) is 9.48 Å². The zero-order valence-corrected chi connectivity index (χ0v) is 24.2. The van der Waals surface area contributed by atoms with Gasteiger partial charge in [-0.2, -0.15) is 5.10 Å². The summed E-state index contributed by atoms with van der Waals surface area (Å²) in [6.45, 7) is 13.3. The molecule has 0 bridgehead atoms. The number of amides is 1. The van der Waals surface area contributed by atoms with Crippen LogP contribution >= 0.6 is 11.6 Å². The van der Waals surface area contributed by atoms with Crippen LogP contribution in [0.25, 0.3) is 0 Å². The third-order valence-corrected chi connectivity index (χ3v) is 6.47. The highest BCUT2D eigenvalue weighted by molar-refractivity contribution is 6.30. The first-order chi connectivity index (χ1) is 18.4. The van der Waals surface area contributed by atoms with Gasteiger partial charge in [0.05, 0.1) is 13.2 Å². The molecule has 0 saturated carbocycles. The molecule has 0 radical (unpaired) electrons. The van der Waals surface area contributed by atoms with E-state index in [-0.39, 0.29) is 11.9 Å². The molecule has 1 aliphatic heterocycles. The molecule has 39 heavy (non-hydrogen) atoms. The molecule has 0 saturated heterocycles. The quantitative estimate of drug-likeness (QED) is 0.348. The fourth-order valence-electron chi connectivity index (χ4n) is 4.43. The lowest BCUT2D eigenvalue weighted by Gasteiger charge is -2.29. The van der Waals surface area contributed by atoms with Crippen molar-refractivity contribution in [3.05, 3.63) is 75.4 Å². The van der Waals surface area contributed by atoms with Crippen molar-refractivity contribution in [2.75, 3.05) is 18.5 Å². The van der Waals surface area contributed by atoms with Gasteiger partial charge in [-0.25, -0.2) is 4.79 Å². The van der Waals surface area contributed by atoms with Crippen LogP contribution < -0.4 is 15.4 Å². The molecule has 2 aromatic carbocycles. The number of hydrogen-bond donors (Lipinski definition) is 2. The zero-order chi connectivity index (χ0) is 28.3. The van der Waals surface area contributed by atoms with Gasteiger partial charge in [0.2, 0.25) is 0 Å². The average molecular weight is 553 g/mol. The first kappa shape index (κ1) is 28.6. The molecule has 4 rings (SSSR count). The summed E-state index contributed by atoms with van der Waals surface area (Å²) < 4.78 is 13.4. The van der Waals surface area contributed by atoms with Crippen molar-refractivity contribution in [2.45, 2.75) is 66.2 Å². The van der Waals surface area contributed by atoms with Gasteiger partial charge in [0, 0.05) is 34.5 Å². The number of hydrogen-bond acceptors (Lipinski definition) is 6. The molecule has 1 aromatic heterocycles. The van der Waals surface area contributed by atoms with Crippen LogP contribution in [0.4, 0.5) is 5.82 Å². The van der Waals surface area contributed by atoms with E-state index >= 15 is 0 Å². The maximum Gasteiger partial charge on any atom is 0.328 e. The number of ether oxygens (including phenoxy) is 2. The second-order valence-corrected chi connectivity index (χ2v) is 11.8. The minimum absolute atomic E-state index is 0.265. The Hall–Kier alpha value is -3.36. The molecule has 3 aromatic rings. The van der Waals surface area contributed by atoms with Crippen molar-refractivity contribution in [1.29, 1.82) is 0 Å². The number of nitrogens with one attached hydrogen (secondary N) is 2. The van der Waals surface area contributed by atoms with E-state index in [1.807, 2.05) is 68.8 Å². The summed E-state index contributed by atoms with van der Waals surface area (Å²) >= 11 is 6.26. The molecule has 208 valence electrons. The van der Waals surface area contributed by atoms with Crippen LogP contribution in [0.1, 0.15) is 73.4 Å². The van der Waals surface area contributed by atoms with E-state index in [2.05, 4.69) is 29.6 Å². The highest BCUT2D eigenvalue weighted by Crippen LogP contribution is 2.28. The number of nitrogens with zero attached hydrogens (tertiary/aromatic N) is 2. The lowest BCUT2D eigenvalue weighted by molar-refractivity contribution is -0.157. The molecule has 1 atom stereocenters. The smallest absolute Gasteiger partial charge is 0.328 e. The van der Waals surface area contributed by atoms with E-state index < -0.39 is 11.6 Å². The number of carbonyl (C=O) groups is 2. The van der Waals surface area contributed by atoms with Crippen molar-refractivity contribution >= 4 is 29.3 Å². The number of carbonyl (C=O) groups excluding carboxylic acids is 2. The van der Waals surface area contributed by atoms with Gasteiger partial charge in [0.25, 0.3) is 5.91 Å². The summed E-state index contributed by atoms with van der Waals surface area (Å²) in [7, 11) is 0. The monoisotopic (exact) mass is 552 g/mol. The van der Waals surface area contributed by atoms with Crippen LogP contribution in [0.15, 0.2) is 42.5 Å². The van der Waals surface area contributed by atoms with E-state index in [9.17, 15) is 9.59 Å². The van der Waals surface area contributed by atoms with E-state index in [0.717, 1.165) is 28.1 Å². The fraction of sp³-hybridized carbons (Fsp3) is 0.433. The number of benzene rings is 2. The number of esters is 1. The van der Waals surface area contributed by atoms with Crippen LogP contribution in [-0.2, 0) is 22.5 Å². The van der Waals surface area contributed by atoms with E-state index in [4.69, 9.17) is 21.1 Å². The molecule has 2 heterocycles. The first-order valence-electron chi connectivity index (χ1n) is 13.3. The SMILES string of the molecule is Cc1cc(NC(=O)c2ccc3c(c2)CCNC3C(=O)OC(C)(C)C)nn1Cc1cc(Cl)ccc1OCC(C)C. The Bertz CT molecular complexity index is 1360. The molecule has 9 heteroatoms. The van der Waals surface area contributed by atoms with E-state index in [1.165, 1.54) is 0 Å². The average Bonchev–Trinajstić information content (AvgIpc) is 3.19. The lowest BCUT2D eigenvalue weighted by atomic mass is 9.92. The van der Waals surface area contributed by atoms with Crippen molar-refractivity contribution < 1.29 is 19.1 Å². The molecule has 0 spiro atoms. The Morgan fingerprint density at radius 2 is 1.95 bits per heavy atom. The Morgan fingerprint density at radius 3 is 2.67 bits per heavy atom. The molecule has 1 amide bonds. The van der Waals surface area contributed by atoms with Gasteiger partial charge in [0.1, 0.15) is 17.4 Å². The zero-order valence-electron chi connectivity index (χ0n) is 23.4. The molecular formula is C30H37ClN4O4. The maximum atomic E-state index is 13.1. The predicted molar refractivity (Wildman–Crippen MR) is 153 cm³/mol. The third-order valence-electron chi connectivity index (χ3n) is 6.24. The molecule has 0 fully saturated rings. The van der Waals surface area contributed by atoms with Crippen molar-refractivity contribution in [1.82, 2.24) is 15.1 Å². The molecule has 1 unspecified atom stereocenters. The van der Waals surface area contributed by atoms with Crippen LogP contribution in [0.2, 0.25) is 5.02 Å². The number of aryl methyl sites for hydroxylation is 1. The largest absolute Gasteiger partial charge is 0.493 e. The molecule has 8 nitrogen and oxygen atoms in total. The molecular weight excluding hydrogens is 516 g/mol. The molecule has 2 N–H and O–H groups in total. The van der Waals surface area contributed by atoms with E-state index in [1.54, 1.807) is 6.07 Å². The molecule has 0 aliphatic carbocycles. The van der Waals surface area contributed by atoms with Crippen LogP contribution in [-0.4, -0.2) is 40.4 Å². The van der Waals surface area contributed by atoms with Gasteiger partial charge in [-0.1, -0.05) is 31.5 Å². The van der Waals surface area contributed by atoms with Gasteiger partial charge in [-0.15, -0.1) is 0 Å². The highest BCUT2D eigenvalue weighted by Gasteiger charge is 2.30. The Labute approximate surface area is 235 Å². The summed E-state index contributed by atoms with van der Waals surface area (Å²) in [4.78, 5) is 25.8. The Balaban J connectivity index is 1.48. The van der Waals surface area contributed by atoms with Gasteiger partial charge < -0.3 is 20.1 Å². The maximum absolute atomic E-state index is 13.1. The summed E-state index contributed by atoms with van der Waals surface area (Å²) in [5.41, 5.74) is 3.52. The van der Waals surface area contributed by atoms with E-state index in [0.29, 0.717) is 48.4 Å². The second-order valence-electron chi connectivity index (χ2n) is 11.3. The molecule has 1 aliphatic rings. The van der Waals surface area contributed by atoms with Crippen molar-refractivity contribution in [3.8, 4) is 5.75 Å². The Morgan fingerprint density at radius 1 is 1.18 bits per heavy atom. The van der Waals surface area contributed by atoms with Gasteiger partial charge >= 0.3 is 5.97 Å². The summed E-state index contributed by atoms with van der Waals surface area (Å²) in [6.07, 6.45) is 0.713. The topological polar surface area (TPSA) is 94.5 Å². The first-order valence-corrected chi connectivity index (χ1v) is 13.6. The number of fused-ring (bicyclic) bond motifs is 1. The van der Waals surface area contributed by atoms with Crippen LogP contribution in [0, 0.1) is 12.8 Å². The van der Waals surface area contributed by atoms with Crippen molar-refractivity contribution in [3.63, 3.8) is 0 Å². The summed E-state index contributed by atoms with van der Waals surface area (Å²) in [6, 6.07) is 12.2.